The molecular weight excluding hydrogens is 471 g/mol. The fourth-order valence-corrected chi connectivity index (χ4v) is 2.37. The molecule has 0 atom stereocenters. The second-order valence-corrected chi connectivity index (χ2v) is 6.15. The van der Waals surface area contributed by atoms with Gasteiger partial charge in [-0.1, -0.05) is 18.2 Å². The van der Waals surface area contributed by atoms with Gasteiger partial charge in [-0.2, -0.15) is 0 Å². The third-order valence-corrected chi connectivity index (χ3v) is 3.86. The Morgan fingerprint density at radius 2 is 1.82 bits per heavy atom. The van der Waals surface area contributed by atoms with E-state index in [9.17, 15) is 0 Å². The third kappa shape index (κ3) is 7.43. The van der Waals surface area contributed by atoms with Crippen molar-refractivity contribution < 1.29 is 14.2 Å². The topological polar surface area (TPSA) is 81.3 Å². The molecule has 3 N–H and O–H groups in total. The predicted molar refractivity (Wildman–Crippen MR) is 124 cm³/mol. The van der Waals surface area contributed by atoms with Crippen molar-refractivity contribution in [2.45, 2.75) is 6.54 Å². The molecule has 28 heavy (non-hydrogen) atoms. The van der Waals surface area contributed by atoms with E-state index in [-0.39, 0.29) is 29.9 Å². The molecule has 2 rings (SSSR count). The Morgan fingerprint density at radius 3 is 2.50 bits per heavy atom. The number of guanidine groups is 1. The van der Waals surface area contributed by atoms with Crippen molar-refractivity contribution in [2.24, 2.45) is 10.7 Å². The number of likely N-dealkylation sites (N-methyl/N-ethyl adjacent to an activating group) is 1. The number of anilines is 1. The van der Waals surface area contributed by atoms with E-state index in [1.807, 2.05) is 50.5 Å². The number of nitrogens with two attached hydrogens (primary N) is 1. The van der Waals surface area contributed by atoms with Gasteiger partial charge in [0.25, 0.3) is 0 Å². The highest BCUT2D eigenvalue weighted by atomic mass is 127. The zero-order valence-corrected chi connectivity index (χ0v) is 19.1. The van der Waals surface area contributed by atoms with Gasteiger partial charge in [0.05, 0.1) is 26.5 Å². The lowest BCUT2D eigenvalue weighted by atomic mass is 10.2. The molecule has 0 radical (unpaired) electrons. The van der Waals surface area contributed by atoms with E-state index in [1.165, 1.54) is 0 Å². The van der Waals surface area contributed by atoms with Crippen LogP contribution in [0.2, 0.25) is 0 Å². The number of benzene rings is 2. The van der Waals surface area contributed by atoms with Crippen molar-refractivity contribution in [1.82, 2.24) is 4.90 Å². The summed E-state index contributed by atoms with van der Waals surface area (Å²) in [4.78, 5) is 6.49. The molecule has 0 spiro atoms. The van der Waals surface area contributed by atoms with Gasteiger partial charge in [-0.25, -0.2) is 4.99 Å². The highest BCUT2D eigenvalue weighted by Gasteiger charge is 2.07. The number of methoxy groups -OCH3 is 2. The number of ether oxygens (including phenoxy) is 3. The van der Waals surface area contributed by atoms with E-state index in [2.05, 4.69) is 15.2 Å². The molecule has 8 heteroatoms. The molecule has 0 heterocycles. The minimum Gasteiger partial charge on any atom is -0.497 e. The molecule has 7 nitrogen and oxygen atoms in total. The fourth-order valence-electron chi connectivity index (χ4n) is 2.37. The van der Waals surface area contributed by atoms with Gasteiger partial charge >= 0.3 is 0 Å². The first-order valence-corrected chi connectivity index (χ1v) is 8.68. The van der Waals surface area contributed by atoms with E-state index >= 15 is 0 Å². The summed E-state index contributed by atoms with van der Waals surface area (Å²) < 4.78 is 16.4. The molecule has 0 aliphatic carbocycles. The Bertz CT molecular complexity index is 769. The highest BCUT2D eigenvalue weighted by Crippen LogP contribution is 2.28. The number of nitrogens with one attached hydrogen (secondary N) is 1. The van der Waals surface area contributed by atoms with E-state index < -0.39 is 0 Å². The lowest BCUT2D eigenvalue weighted by Gasteiger charge is -2.14. The summed E-state index contributed by atoms with van der Waals surface area (Å²) in [6.45, 7) is 1.86. The van der Waals surface area contributed by atoms with Crippen molar-refractivity contribution >= 4 is 35.6 Å². The summed E-state index contributed by atoms with van der Waals surface area (Å²) in [5.41, 5.74) is 7.71. The smallest absolute Gasteiger partial charge is 0.193 e. The molecule has 0 aliphatic heterocycles. The van der Waals surface area contributed by atoms with Crippen LogP contribution in [0.4, 0.5) is 5.69 Å². The van der Waals surface area contributed by atoms with Gasteiger partial charge in [0.1, 0.15) is 23.9 Å². The Hall–Kier alpha value is -2.20. The average molecular weight is 500 g/mol. The minimum absolute atomic E-state index is 0. The molecule has 0 aromatic heterocycles. The van der Waals surface area contributed by atoms with Crippen LogP contribution in [-0.2, 0) is 6.54 Å². The van der Waals surface area contributed by atoms with Crippen molar-refractivity contribution in [3.63, 3.8) is 0 Å². The second-order valence-electron chi connectivity index (χ2n) is 6.15. The fraction of sp³-hybridized carbons (Fsp3) is 0.350. The normalized spacial score (nSPS) is 11.0. The molecule has 0 saturated carbocycles. The number of rotatable bonds is 9. The molecule has 0 amide bonds. The first-order valence-electron chi connectivity index (χ1n) is 8.68. The number of para-hydroxylation sites is 1. The molecule has 2 aromatic rings. The standard InChI is InChI=1S/C20H28N4O3.HI/c1-24(2)11-12-27-18-8-6-5-7-15(18)14-22-20(21)23-17-13-16(25-3)9-10-19(17)26-4;/h5-10,13H,11-12,14H2,1-4H3,(H3,21,22,23);1H. The largest absolute Gasteiger partial charge is 0.497 e. The van der Waals surface area contributed by atoms with Crippen molar-refractivity contribution in [3.8, 4) is 17.2 Å². The van der Waals surface area contributed by atoms with Gasteiger partial charge in [0.15, 0.2) is 5.96 Å². The molecule has 0 aliphatic rings. The molecule has 0 bridgehead atoms. The van der Waals surface area contributed by atoms with Crippen LogP contribution in [0.3, 0.4) is 0 Å². The zero-order valence-electron chi connectivity index (χ0n) is 16.8. The van der Waals surface area contributed by atoms with Gasteiger partial charge in [-0.05, 0) is 32.3 Å². The first kappa shape index (κ1) is 23.8. The van der Waals surface area contributed by atoms with Crippen LogP contribution in [0.15, 0.2) is 47.5 Å². The zero-order chi connectivity index (χ0) is 19.6. The van der Waals surface area contributed by atoms with Crippen LogP contribution < -0.4 is 25.3 Å². The Labute approximate surface area is 183 Å². The number of nitrogens with zero attached hydrogens (tertiary/aromatic N) is 2. The summed E-state index contributed by atoms with van der Waals surface area (Å²) in [5.74, 6) is 2.45. The monoisotopic (exact) mass is 500 g/mol. The molecule has 2 aromatic carbocycles. The van der Waals surface area contributed by atoms with Gasteiger partial charge in [0, 0.05) is 18.2 Å². The van der Waals surface area contributed by atoms with Crippen molar-refractivity contribution in [1.29, 1.82) is 0 Å². The van der Waals surface area contributed by atoms with Crippen LogP contribution in [0.1, 0.15) is 5.56 Å². The highest BCUT2D eigenvalue weighted by molar-refractivity contribution is 14.0. The van der Waals surface area contributed by atoms with E-state index in [0.29, 0.717) is 30.3 Å². The lowest BCUT2D eigenvalue weighted by Crippen LogP contribution is -2.23. The maximum absolute atomic E-state index is 6.05. The van der Waals surface area contributed by atoms with Crippen molar-refractivity contribution in [3.05, 3.63) is 48.0 Å². The summed E-state index contributed by atoms with van der Waals surface area (Å²) in [6, 6.07) is 13.3. The van der Waals surface area contributed by atoms with Crippen LogP contribution in [0, 0.1) is 0 Å². The summed E-state index contributed by atoms with van der Waals surface area (Å²) in [6.07, 6.45) is 0. The van der Waals surface area contributed by atoms with Gasteiger partial charge in [0.2, 0.25) is 0 Å². The van der Waals surface area contributed by atoms with Crippen molar-refractivity contribution in [2.75, 3.05) is 46.8 Å². The predicted octanol–water partition coefficient (Wildman–Crippen LogP) is 3.19. The molecule has 0 fully saturated rings. The summed E-state index contributed by atoms with van der Waals surface area (Å²) in [5, 5.41) is 3.06. The minimum atomic E-state index is 0. The van der Waals surface area contributed by atoms with Crippen LogP contribution in [0.25, 0.3) is 0 Å². The van der Waals surface area contributed by atoms with E-state index in [1.54, 1.807) is 20.3 Å². The third-order valence-electron chi connectivity index (χ3n) is 3.86. The summed E-state index contributed by atoms with van der Waals surface area (Å²) >= 11 is 0. The lowest BCUT2D eigenvalue weighted by molar-refractivity contribution is 0.259. The molecule has 154 valence electrons. The van der Waals surface area contributed by atoms with Gasteiger partial charge in [-0.15, -0.1) is 24.0 Å². The quantitative estimate of drug-likeness (QED) is 0.313. The molecule has 0 saturated heterocycles. The number of hydrogen-bond donors (Lipinski definition) is 2. The van der Waals surface area contributed by atoms with Crippen LogP contribution in [-0.4, -0.2) is 52.3 Å². The van der Waals surface area contributed by atoms with E-state index in [0.717, 1.165) is 17.9 Å². The first-order chi connectivity index (χ1) is 13.0. The van der Waals surface area contributed by atoms with Crippen LogP contribution in [0.5, 0.6) is 17.2 Å². The molecule has 0 unspecified atom stereocenters. The number of aliphatic imine (C=N–C) groups is 1. The van der Waals surface area contributed by atoms with Crippen LogP contribution >= 0.6 is 24.0 Å². The Morgan fingerprint density at radius 1 is 1.07 bits per heavy atom. The maximum atomic E-state index is 6.05. The van der Waals surface area contributed by atoms with Gasteiger partial charge in [-0.3, -0.25) is 0 Å². The summed E-state index contributed by atoms with van der Waals surface area (Å²) in [7, 11) is 7.23. The number of halogens is 1. The average Bonchev–Trinajstić information content (AvgIpc) is 2.67. The Kier molecular flexibility index (Phi) is 10.5. The molecular formula is C20H29IN4O3. The maximum Gasteiger partial charge on any atom is 0.193 e. The number of hydrogen-bond acceptors (Lipinski definition) is 5. The van der Waals surface area contributed by atoms with Gasteiger partial charge < -0.3 is 30.2 Å². The Balaban J connectivity index is 0.00000392. The SMILES string of the molecule is COc1ccc(OC)c(NC(N)=NCc2ccccc2OCCN(C)C)c1.I. The van der Waals surface area contributed by atoms with E-state index in [4.69, 9.17) is 19.9 Å². The second kappa shape index (κ2) is 12.3.